The summed E-state index contributed by atoms with van der Waals surface area (Å²) < 4.78 is 7.16. The van der Waals surface area contributed by atoms with Crippen molar-refractivity contribution in [3.63, 3.8) is 0 Å². The fourth-order valence-electron chi connectivity index (χ4n) is 3.11. The van der Waals surface area contributed by atoms with E-state index < -0.39 is 18.0 Å². The van der Waals surface area contributed by atoms with Crippen LogP contribution in [0.1, 0.15) is 24.5 Å². The van der Waals surface area contributed by atoms with Crippen LogP contribution in [0.25, 0.3) is 17.0 Å². The SMILES string of the molecule is C[C@H](OC(=O)/C=C/c1cn(CCC#N)c2ccccc12)C(=O)Nc1ccccc1C#N. The Labute approximate surface area is 179 Å². The van der Waals surface area contributed by atoms with Gasteiger partial charge < -0.3 is 14.6 Å². The summed E-state index contributed by atoms with van der Waals surface area (Å²) in [7, 11) is 0. The van der Waals surface area contributed by atoms with Crippen LogP contribution in [0.5, 0.6) is 0 Å². The Bertz CT molecular complexity index is 1230. The molecule has 2 aromatic carbocycles. The number of para-hydroxylation sites is 2. The third kappa shape index (κ3) is 5.17. The van der Waals surface area contributed by atoms with Crippen LogP contribution in [0.4, 0.5) is 5.69 Å². The molecule has 0 aliphatic carbocycles. The second-order valence-corrected chi connectivity index (χ2v) is 6.76. The largest absolute Gasteiger partial charge is 0.449 e. The molecule has 0 spiro atoms. The van der Waals surface area contributed by atoms with Crippen molar-refractivity contribution < 1.29 is 14.3 Å². The van der Waals surface area contributed by atoms with Crippen molar-refractivity contribution in [2.24, 2.45) is 0 Å². The van der Waals surface area contributed by atoms with E-state index >= 15 is 0 Å². The highest BCUT2D eigenvalue weighted by Gasteiger charge is 2.18. The number of aryl methyl sites for hydroxylation is 1. The van der Waals surface area contributed by atoms with Crippen LogP contribution in [-0.4, -0.2) is 22.5 Å². The number of rotatable bonds is 7. The summed E-state index contributed by atoms with van der Waals surface area (Å²) in [5, 5.41) is 21.5. The molecule has 1 aromatic heterocycles. The molecule has 0 bridgehead atoms. The smallest absolute Gasteiger partial charge is 0.331 e. The fraction of sp³-hybridized carbons (Fsp3) is 0.167. The number of ether oxygens (including phenoxy) is 1. The van der Waals surface area contributed by atoms with Gasteiger partial charge in [0.2, 0.25) is 0 Å². The van der Waals surface area contributed by atoms with Crippen LogP contribution in [0.3, 0.4) is 0 Å². The summed E-state index contributed by atoms with van der Waals surface area (Å²) in [6, 6.07) is 18.4. The molecule has 1 amide bonds. The van der Waals surface area contributed by atoms with Crippen molar-refractivity contribution in [1.29, 1.82) is 10.5 Å². The molecule has 1 N–H and O–H groups in total. The monoisotopic (exact) mass is 412 g/mol. The third-order valence-electron chi connectivity index (χ3n) is 4.65. The van der Waals surface area contributed by atoms with Crippen molar-refractivity contribution in [3.05, 3.63) is 71.9 Å². The van der Waals surface area contributed by atoms with E-state index in [0.717, 1.165) is 16.5 Å². The van der Waals surface area contributed by atoms with Gasteiger partial charge in [-0.1, -0.05) is 30.3 Å². The number of carbonyl (C=O) groups excluding carboxylic acids is 2. The highest BCUT2D eigenvalue weighted by Crippen LogP contribution is 2.23. The molecule has 31 heavy (non-hydrogen) atoms. The van der Waals surface area contributed by atoms with Gasteiger partial charge in [0.1, 0.15) is 6.07 Å². The molecule has 0 aliphatic rings. The Hall–Kier alpha value is -4.36. The molecule has 0 saturated carbocycles. The Kier molecular flexibility index (Phi) is 6.82. The fourth-order valence-corrected chi connectivity index (χ4v) is 3.11. The van der Waals surface area contributed by atoms with Crippen LogP contribution >= 0.6 is 0 Å². The first-order chi connectivity index (χ1) is 15.0. The molecular weight excluding hydrogens is 392 g/mol. The Morgan fingerprint density at radius 3 is 2.68 bits per heavy atom. The van der Waals surface area contributed by atoms with E-state index in [9.17, 15) is 9.59 Å². The van der Waals surface area contributed by atoms with E-state index in [1.165, 1.54) is 13.0 Å². The van der Waals surface area contributed by atoms with Crippen LogP contribution in [0, 0.1) is 22.7 Å². The average Bonchev–Trinajstić information content (AvgIpc) is 3.14. The van der Waals surface area contributed by atoms with E-state index in [2.05, 4.69) is 11.4 Å². The van der Waals surface area contributed by atoms with E-state index in [-0.39, 0.29) is 0 Å². The molecule has 1 heterocycles. The lowest BCUT2D eigenvalue weighted by Crippen LogP contribution is -2.29. The first-order valence-electron chi connectivity index (χ1n) is 9.67. The Morgan fingerprint density at radius 2 is 1.90 bits per heavy atom. The van der Waals surface area contributed by atoms with Crippen molar-refractivity contribution in [2.75, 3.05) is 5.32 Å². The van der Waals surface area contributed by atoms with Gasteiger partial charge in [-0.2, -0.15) is 10.5 Å². The van der Waals surface area contributed by atoms with Crippen LogP contribution in [-0.2, 0) is 20.9 Å². The van der Waals surface area contributed by atoms with E-state index in [1.807, 2.05) is 41.1 Å². The van der Waals surface area contributed by atoms with Crippen LogP contribution in [0.2, 0.25) is 0 Å². The van der Waals surface area contributed by atoms with Crippen molar-refractivity contribution in [3.8, 4) is 12.1 Å². The van der Waals surface area contributed by atoms with Gasteiger partial charge in [0.15, 0.2) is 6.10 Å². The van der Waals surface area contributed by atoms with Crippen molar-refractivity contribution >= 4 is 34.5 Å². The standard InChI is InChI=1S/C24H20N4O3/c1-17(24(30)27-21-9-4-2-7-18(21)15-26)31-23(29)12-11-19-16-28(14-6-13-25)22-10-5-3-8-20(19)22/h2-5,7-12,16-17H,6,14H2,1H3,(H,27,30)/b12-11+/t17-/m0/s1. The van der Waals surface area contributed by atoms with Crippen LogP contribution in [0.15, 0.2) is 60.8 Å². The predicted octanol–water partition coefficient (Wildman–Crippen LogP) is 4.01. The lowest BCUT2D eigenvalue weighted by molar-refractivity contribution is -0.148. The summed E-state index contributed by atoms with van der Waals surface area (Å²) in [4.78, 5) is 24.5. The minimum Gasteiger partial charge on any atom is -0.449 e. The number of carbonyl (C=O) groups is 2. The quantitative estimate of drug-likeness (QED) is 0.466. The number of anilines is 1. The van der Waals surface area contributed by atoms with Gasteiger partial charge >= 0.3 is 5.97 Å². The maximum absolute atomic E-state index is 12.3. The van der Waals surface area contributed by atoms with E-state index in [1.54, 1.807) is 30.3 Å². The molecule has 0 radical (unpaired) electrons. The lowest BCUT2D eigenvalue weighted by Gasteiger charge is -2.13. The van der Waals surface area contributed by atoms with Gasteiger partial charge in [-0.25, -0.2) is 4.79 Å². The first-order valence-corrected chi connectivity index (χ1v) is 9.67. The number of aromatic nitrogens is 1. The minimum absolute atomic E-state index is 0.321. The number of nitrogens with zero attached hydrogens (tertiary/aromatic N) is 3. The molecular formula is C24H20N4O3. The molecule has 0 unspecified atom stereocenters. The molecule has 3 aromatic rings. The van der Waals surface area contributed by atoms with Gasteiger partial charge in [0.05, 0.1) is 23.7 Å². The number of fused-ring (bicyclic) bond motifs is 1. The third-order valence-corrected chi connectivity index (χ3v) is 4.65. The summed E-state index contributed by atoms with van der Waals surface area (Å²) in [6.45, 7) is 2.01. The zero-order chi connectivity index (χ0) is 22.2. The normalized spacial score (nSPS) is 11.6. The predicted molar refractivity (Wildman–Crippen MR) is 117 cm³/mol. The number of hydrogen-bond acceptors (Lipinski definition) is 5. The van der Waals surface area contributed by atoms with Crippen molar-refractivity contribution in [1.82, 2.24) is 4.57 Å². The molecule has 0 aliphatic heterocycles. The Morgan fingerprint density at radius 1 is 1.16 bits per heavy atom. The molecule has 3 rings (SSSR count). The van der Waals surface area contributed by atoms with Gasteiger partial charge in [-0.15, -0.1) is 0 Å². The van der Waals surface area contributed by atoms with Gasteiger partial charge in [-0.05, 0) is 31.2 Å². The maximum Gasteiger partial charge on any atom is 0.331 e. The van der Waals surface area contributed by atoms with Gasteiger partial charge in [0, 0.05) is 35.3 Å². The van der Waals surface area contributed by atoms with E-state index in [4.69, 9.17) is 15.3 Å². The van der Waals surface area contributed by atoms with E-state index in [0.29, 0.717) is 24.2 Å². The van der Waals surface area contributed by atoms with Crippen LogP contribution < -0.4 is 5.32 Å². The molecule has 154 valence electrons. The topological polar surface area (TPSA) is 108 Å². The highest BCUT2D eigenvalue weighted by molar-refractivity contribution is 5.98. The van der Waals surface area contributed by atoms with Gasteiger partial charge in [0.25, 0.3) is 5.91 Å². The number of esters is 1. The number of hydrogen-bond donors (Lipinski definition) is 1. The zero-order valence-corrected chi connectivity index (χ0v) is 16.9. The second-order valence-electron chi connectivity index (χ2n) is 6.76. The molecule has 0 fully saturated rings. The highest BCUT2D eigenvalue weighted by atomic mass is 16.5. The minimum atomic E-state index is -1.04. The average molecular weight is 412 g/mol. The van der Waals surface area contributed by atoms with Crippen molar-refractivity contribution in [2.45, 2.75) is 26.0 Å². The summed E-state index contributed by atoms with van der Waals surface area (Å²) in [5.41, 5.74) is 2.46. The molecule has 7 nitrogen and oxygen atoms in total. The number of amides is 1. The lowest BCUT2D eigenvalue weighted by atomic mass is 10.1. The molecule has 7 heteroatoms. The first kappa shape index (κ1) is 21.4. The summed E-state index contributed by atoms with van der Waals surface area (Å²) in [5.74, 6) is -1.19. The molecule has 0 saturated heterocycles. The number of nitrogens with one attached hydrogen (secondary N) is 1. The second kappa shape index (κ2) is 9.91. The summed E-state index contributed by atoms with van der Waals surface area (Å²) >= 11 is 0. The number of nitriles is 2. The summed E-state index contributed by atoms with van der Waals surface area (Å²) in [6.07, 6.45) is 4.11. The Balaban J connectivity index is 1.67. The number of benzene rings is 2. The maximum atomic E-state index is 12.3. The van der Waals surface area contributed by atoms with Gasteiger partial charge in [-0.3, -0.25) is 4.79 Å². The zero-order valence-electron chi connectivity index (χ0n) is 16.9. The molecule has 1 atom stereocenters.